The third kappa shape index (κ3) is 1.68. The van der Waals surface area contributed by atoms with Crippen LogP contribution in [-0.2, 0) is 0 Å². The van der Waals surface area contributed by atoms with Crippen molar-refractivity contribution >= 4 is 56.3 Å². The average molecular weight is 381 g/mol. The van der Waals surface area contributed by atoms with E-state index in [1.54, 1.807) is 0 Å². The van der Waals surface area contributed by atoms with Gasteiger partial charge >= 0.3 is 0 Å². The molecule has 0 unspecified atom stereocenters. The van der Waals surface area contributed by atoms with Crippen LogP contribution in [0.3, 0.4) is 0 Å². The normalized spacial score (nSPS) is 12.9. The molecule has 0 spiro atoms. The summed E-state index contributed by atoms with van der Waals surface area (Å²) in [5.74, 6) is 0.0222. The van der Waals surface area contributed by atoms with E-state index < -0.39 is 0 Å². The topological polar surface area (TPSA) is 30.2 Å². The van der Waals surface area contributed by atoms with E-state index in [0.717, 1.165) is 42.4 Å². The minimum absolute atomic E-state index is 0.0222. The third-order valence-electron chi connectivity index (χ3n) is 4.37. The summed E-state index contributed by atoms with van der Waals surface area (Å²) in [6.45, 7) is 0. The van der Waals surface area contributed by atoms with Crippen LogP contribution < -0.4 is 0 Å². The molecule has 3 aromatic carbocycles. The van der Waals surface area contributed by atoms with Crippen molar-refractivity contribution in [2.75, 3.05) is 0 Å². The molecule has 0 fully saturated rings. The minimum Gasteiger partial charge on any atom is -0.455 e. The van der Waals surface area contributed by atoms with Gasteiger partial charge in [-0.25, -0.2) is 0 Å². The van der Waals surface area contributed by atoms with Crippen molar-refractivity contribution in [3.63, 3.8) is 0 Å². The van der Waals surface area contributed by atoms with Gasteiger partial charge in [0.2, 0.25) is 0 Å². The summed E-state index contributed by atoms with van der Waals surface area (Å²) in [6, 6.07) is 15.5. The molecule has 1 aliphatic rings. The van der Waals surface area contributed by atoms with Crippen molar-refractivity contribution in [1.29, 1.82) is 0 Å². The molecule has 0 radical (unpaired) electrons. The van der Waals surface area contributed by atoms with E-state index >= 15 is 0 Å². The molecule has 1 heterocycles. The lowest BCUT2D eigenvalue weighted by Gasteiger charge is -2.03. The molecule has 0 N–H and O–H groups in total. The van der Waals surface area contributed by atoms with Crippen molar-refractivity contribution in [1.82, 2.24) is 0 Å². The molecule has 5 rings (SSSR count). The molecule has 2 nitrogen and oxygen atoms in total. The van der Waals surface area contributed by atoms with Crippen molar-refractivity contribution in [2.24, 2.45) is 0 Å². The summed E-state index contributed by atoms with van der Waals surface area (Å²) in [6.07, 6.45) is 0. The van der Waals surface area contributed by atoms with Crippen LogP contribution in [0.25, 0.3) is 33.1 Å². The van der Waals surface area contributed by atoms with E-state index in [1.165, 1.54) is 0 Å². The Labute approximate surface area is 145 Å². The van der Waals surface area contributed by atoms with Crippen LogP contribution >= 0.6 is 28.6 Å². The molecule has 4 heteroatoms. The van der Waals surface area contributed by atoms with Crippen LogP contribution in [0.5, 0.6) is 0 Å². The Morgan fingerprint density at radius 1 is 0.957 bits per heavy atom. The summed E-state index contributed by atoms with van der Waals surface area (Å²) >= 11 is 8.05. The van der Waals surface area contributed by atoms with Gasteiger partial charge < -0.3 is 4.42 Å². The first-order valence-corrected chi connectivity index (χ1v) is 8.41. The fraction of sp³-hybridized carbons (Fsp3) is 0. The Balaban J connectivity index is 2.02. The van der Waals surface area contributed by atoms with Crippen LogP contribution in [0.1, 0.15) is 15.9 Å². The van der Waals surface area contributed by atoms with Gasteiger partial charge in [0.25, 0.3) is 0 Å². The van der Waals surface area contributed by atoms with Crippen molar-refractivity contribution in [3.8, 4) is 11.1 Å². The van der Waals surface area contributed by atoms with Gasteiger partial charge in [0.15, 0.2) is 5.78 Å². The summed E-state index contributed by atoms with van der Waals surface area (Å²) in [5, 5.41) is 1.99. The molecule has 1 aromatic heterocycles. The number of carbonyl (C=O) groups excluding carboxylic acids is 1. The molecule has 0 aliphatic heterocycles. The van der Waals surface area contributed by atoms with E-state index in [2.05, 4.69) is 28.6 Å². The molecule has 0 atom stereocenters. The van der Waals surface area contributed by atoms with Gasteiger partial charge in [0.05, 0.1) is 0 Å². The van der Waals surface area contributed by atoms with Gasteiger partial charge in [-0.2, -0.15) is 0 Å². The Hall–Kier alpha value is -2.04. The minimum atomic E-state index is 0.0222. The SMILES string of the molecule is O=C1c2cc(Br)ccc2-c2c1cc(S)c1c2oc2ccccc21. The smallest absolute Gasteiger partial charge is 0.194 e. The highest BCUT2D eigenvalue weighted by Gasteiger charge is 2.31. The van der Waals surface area contributed by atoms with E-state index in [9.17, 15) is 4.79 Å². The zero-order valence-corrected chi connectivity index (χ0v) is 14.2. The standard InChI is InChI=1S/C19H9BrO2S/c20-9-5-6-10-12(7-9)18(21)13-8-15(23)17-11-3-1-2-4-14(11)22-19(17)16(10)13/h1-8,23H. The number of hydrogen-bond acceptors (Lipinski definition) is 3. The van der Waals surface area contributed by atoms with E-state index in [4.69, 9.17) is 4.42 Å². The van der Waals surface area contributed by atoms with Crippen LogP contribution in [0.4, 0.5) is 0 Å². The molecule has 0 saturated carbocycles. The number of ketones is 1. The van der Waals surface area contributed by atoms with Gasteiger partial charge in [-0.15, -0.1) is 12.6 Å². The quantitative estimate of drug-likeness (QED) is 0.341. The summed E-state index contributed by atoms with van der Waals surface area (Å²) in [5.41, 5.74) is 4.71. The highest BCUT2D eigenvalue weighted by molar-refractivity contribution is 9.10. The number of fused-ring (bicyclic) bond motifs is 7. The first-order chi connectivity index (χ1) is 11.1. The second-order valence-corrected chi connectivity index (χ2v) is 7.04. The van der Waals surface area contributed by atoms with Crippen LogP contribution in [0.2, 0.25) is 0 Å². The number of furan rings is 1. The third-order valence-corrected chi connectivity index (χ3v) is 5.22. The maximum absolute atomic E-state index is 12.8. The Morgan fingerprint density at radius 2 is 1.78 bits per heavy atom. The summed E-state index contributed by atoms with van der Waals surface area (Å²) < 4.78 is 6.99. The molecule has 0 saturated heterocycles. The monoisotopic (exact) mass is 380 g/mol. The fourth-order valence-electron chi connectivity index (χ4n) is 3.39. The predicted octanol–water partition coefficient (Wildman–Crippen LogP) is 5.85. The van der Waals surface area contributed by atoms with Crippen molar-refractivity contribution < 1.29 is 9.21 Å². The highest BCUT2D eigenvalue weighted by atomic mass is 79.9. The second-order valence-electron chi connectivity index (χ2n) is 5.64. The molecule has 0 bridgehead atoms. The van der Waals surface area contributed by atoms with Crippen LogP contribution in [-0.4, -0.2) is 5.78 Å². The van der Waals surface area contributed by atoms with E-state index in [0.29, 0.717) is 11.1 Å². The lowest BCUT2D eigenvalue weighted by Crippen LogP contribution is -1.95. The van der Waals surface area contributed by atoms with Gasteiger partial charge in [0, 0.05) is 36.8 Å². The summed E-state index contributed by atoms with van der Waals surface area (Å²) in [7, 11) is 0. The molecule has 110 valence electrons. The number of hydrogen-bond donors (Lipinski definition) is 1. The van der Waals surface area contributed by atoms with E-state index in [1.807, 2.05) is 48.5 Å². The Morgan fingerprint density at radius 3 is 2.65 bits per heavy atom. The molecule has 23 heavy (non-hydrogen) atoms. The first-order valence-electron chi connectivity index (χ1n) is 7.17. The lowest BCUT2D eigenvalue weighted by molar-refractivity contribution is 0.104. The number of halogens is 1. The predicted molar refractivity (Wildman–Crippen MR) is 97.5 cm³/mol. The molecule has 1 aliphatic carbocycles. The van der Waals surface area contributed by atoms with Crippen LogP contribution in [0.15, 0.2) is 62.3 Å². The fourth-order valence-corrected chi connectivity index (χ4v) is 4.11. The first kappa shape index (κ1) is 13.4. The number of para-hydroxylation sites is 1. The maximum atomic E-state index is 12.8. The molecular weight excluding hydrogens is 372 g/mol. The van der Waals surface area contributed by atoms with Gasteiger partial charge in [-0.1, -0.05) is 40.2 Å². The number of thiol groups is 1. The molecular formula is C19H9BrO2S. The molecule has 0 amide bonds. The number of benzene rings is 3. The van der Waals surface area contributed by atoms with E-state index in [-0.39, 0.29) is 5.78 Å². The number of carbonyl (C=O) groups is 1. The van der Waals surface area contributed by atoms with Gasteiger partial charge in [0.1, 0.15) is 11.2 Å². The molecule has 4 aromatic rings. The lowest BCUT2D eigenvalue weighted by atomic mass is 10.0. The Kier molecular flexibility index (Phi) is 2.62. The van der Waals surface area contributed by atoms with Gasteiger partial charge in [-0.05, 0) is 29.8 Å². The number of rotatable bonds is 0. The van der Waals surface area contributed by atoms with Crippen molar-refractivity contribution in [3.05, 3.63) is 64.1 Å². The highest BCUT2D eigenvalue weighted by Crippen LogP contribution is 2.46. The second kappa shape index (κ2) is 4.49. The average Bonchev–Trinajstić information content (AvgIpc) is 3.05. The maximum Gasteiger partial charge on any atom is 0.194 e. The zero-order chi connectivity index (χ0) is 15.7. The van der Waals surface area contributed by atoms with Crippen LogP contribution in [0, 0.1) is 0 Å². The van der Waals surface area contributed by atoms with Gasteiger partial charge in [-0.3, -0.25) is 4.79 Å². The zero-order valence-electron chi connectivity index (χ0n) is 11.8. The largest absolute Gasteiger partial charge is 0.455 e. The van der Waals surface area contributed by atoms with Crippen molar-refractivity contribution in [2.45, 2.75) is 4.90 Å². The summed E-state index contributed by atoms with van der Waals surface area (Å²) in [4.78, 5) is 13.5. The Bertz CT molecular complexity index is 1160.